The van der Waals surface area contributed by atoms with Crippen LogP contribution in [0, 0.1) is 0 Å². The minimum Gasteiger partial charge on any atom is -0.370 e. The average molecular weight is 284 g/mol. The monoisotopic (exact) mass is 284 g/mol. The molecule has 0 aliphatic rings. The lowest BCUT2D eigenvalue weighted by molar-refractivity contribution is 0.837. The van der Waals surface area contributed by atoms with Gasteiger partial charge in [-0.3, -0.25) is 0 Å². The van der Waals surface area contributed by atoms with E-state index in [1.807, 2.05) is 12.1 Å². The van der Waals surface area contributed by atoms with E-state index in [1.165, 1.54) is 5.56 Å². The van der Waals surface area contributed by atoms with E-state index in [9.17, 15) is 0 Å². The molecule has 21 heavy (non-hydrogen) atoms. The molecule has 0 unspecified atom stereocenters. The number of likely N-dealkylation sites (N-methyl/N-ethyl adjacent to an activating group) is 1. The van der Waals surface area contributed by atoms with Gasteiger partial charge in [0.15, 0.2) is 0 Å². The number of hydrogen-bond donors (Lipinski definition) is 1. The molecule has 0 saturated carbocycles. The van der Waals surface area contributed by atoms with Crippen LogP contribution in [0.1, 0.15) is 25.2 Å². The summed E-state index contributed by atoms with van der Waals surface area (Å²) in [4.78, 5) is 11.3. The quantitative estimate of drug-likeness (QED) is 0.848. The van der Waals surface area contributed by atoms with Crippen LogP contribution in [0.5, 0.6) is 0 Å². The normalized spacial score (nSPS) is 10.4. The number of benzene rings is 1. The maximum absolute atomic E-state index is 4.62. The van der Waals surface area contributed by atoms with E-state index < -0.39 is 0 Å². The molecule has 1 heterocycles. The highest BCUT2D eigenvalue weighted by Crippen LogP contribution is 2.15. The molecule has 0 aliphatic heterocycles. The van der Waals surface area contributed by atoms with Crippen molar-refractivity contribution in [3.05, 3.63) is 47.8 Å². The molecule has 4 heteroatoms. The van der Waals surface area contributed by atoms with E-state index in [0.29, 0.717) is 0 Å². The first kappa shape index (κ1) is 15.3. The van der Waals surface area contributed by atoms with E-state index >= 15 is 0 Å². The molecular weight excluding hydrogens is 260 g/mol. The Labute approximate surface area is 127 Å². The van der Waals surface area contributed by atoms with Crippen LogP contribution in [0.4, 0.5) is 11.6 Å². The molecule has 0 fully saturated rings. The van der Waals surface area contributed by atoms with Crippen LogP contribution in [0.2, 0.25) is 0 Å². The van der Waals surface area contributed by atoms with E-state index in [-0.39, 0.29) is 0 Å². The minimum absolute atomic E-state index is 0.846. The molecule has 1 N–H and O–H groups in total. The average Bonchev–Trinajstić information content (AvgIpc) is 2.53. The Morgan fingerprint density at radius 2 is 1.86 bits per heavy atom. The standard InChI is InChI=1S/C17H24N4/c1-4-15-19-16(18-5-2)13-17(20-15)21(3)12-11-14-9-7-6-8-10-14/h6-10,13H,4-5,11-12H2,1-3H3,(H,18,19,20). The third-order valence-corrected chi connectivity index (χ3v) is 3.40. The summed E-state index contributed by atoms with van der Waals surface area (Å²) < 4.78 is 0. The zero-order chi connectivity index (χ0) is 15.1. The van der Waals surface area contributed by atoms with Crippen LogP contribution in [-0.4, -0.2) is 30.1 Å². The van der Waals surface area contributed by atoms with E-state index in [2.05, 4.69) is 65.3 Å². The SMILES string of the molecule is CCNc1cc(N(C)CCc2ccccc2)nc(CC)n1. The van der Waals surface area contributed by atoms with Crippen LogP contribution >= 0.6 is 0 Å². The van der Waals surface area contributed by atoms with Crippen molar-refractivity contribution >= 4 is 11.6 Å². The van der Waals surface area contributed by atoms with Crippen molar-refractivity contribution in [2.24, 2.45) is 0 Å². The van der Waals surface area contributed by atoms with Crippen LogP contribution in [0.25, 0.3) is 0 Å². The third-order valence-electron chi connectivity index (χ3n) is 3.40. The molecule has 0 saturated heterocycles. The van der Waals surface area contributed by atoms with E-state index in [4.69, 9.17) is 0 Å². The van der Waals surface area contributed by atoms with Gasteiger partial charge in [0.2, 0.25) is 0 Å². The highest BCUT2D eigenvalue weighted by molar-refractivity contribution is 5.49. The topological polar surface area (TPSA) is 41.0 Å². The van der Waals surface area contributed by atoms with Gasteiger partial charge in [-0.15, -0.1) is 0 Å². The maximum Gasteiger partial charge on any atom is 0.134 e. The van der Waals surface area contributed by atoms with Gasteiger partial charge in [-0.2, -0.15) is 0 Å². The summed E-state index contributed by atoms with van der Waals surface area (Å²) in [6.45, 7) is 5.97. The van der Waals surface area contributed by atoms with Crippen molar-refractivity contribution in [3.63, 3.8) is 0 Å². The third kappa shape index (κ3) is 4.45. The van der Waals surface area contributed by atoms with Crippen molar-refractivity contribution in [1.82, 2.24) is 9.97 Å². The second-order valence-electron chi connectivity index (χ2n) is 5.07. The van der Waals surface area contributed by atoms with Crippen molar-refractivity contribution < 1.29 is 0 Å². The van der Waals surface area contributed by atoms with Crippen LogP contribution < -0.4 is 10.2 Å². The second-order valence-corrected chi connectivity index (χ2v) is 5.07. The molecule has 112 valence electrons. The fourth-order valence-electron chi connectivity index (χ4n) is 2.16. The predicted octanol–water partition coefficient (Wildman–Crippen LogP) is 3.15. The molecule has 0 atom stereocenters. The van der Waals surface area contributed by atoms with E-state index in [0.717, 1.165) is 43.4 Å². The first-order valence-corrected chi connectivity index (χ1v) is 7.59. The van der Waals surface area contributed by atoms with Gasteiger partial charge >= 0.3 is 0 Å². The first-order valence-electron chi connectivity index (χ1n) is 7.59. The highest BCUT2D eigenvalue weighted by atomic mass is 15.2. The first-order chi connectivity index (χ1) is 10.2. The molecule has 4 nitrogen and oxygen atoms in total. The smallest absolute Gasteiger partial charge is 0.134 e. The number of nitrogens with zero attached hydrogens (tertiary/aromatic N) is 3. The number of hydrogen-bond acceptors (Lipinski definition) is 4. The summed E-state index contributed by atoms with van der Waals surface area (Å²) in [6.07, 6.45) is 1.86. The Morgan fingerprint density at radius 1 is 1.10 bits per heavy atom. The molecule has 2 rings (SSSR count). The molecule has 0 radical (unpaired) electrons. The molecule has 0 bridgehead atoms. The van der Waals surface area contributed by atoms with Gasteiger partial charge in [-0.25, -0.2) is 9.97 Å². The zero-order valence-electron chi connectivity index (χ0n) is 13.1. The molecule has 0 spiro atoms. The van der Waals surface area contributed by atoms with Crippen molar-refractivity contribution in [2.45, 2.75) is 26.7 Å². The molecular formula is C17H24N4. The summed E-state index contributed by atoms with van der Waals surface area (Å²) in [5.41, 5.74) is 1.35. The summed E-state index contributed by atoms with van der Waals surface area (Å²) in [6, 6.07) is 12.6. The maximum atomic E-state index is 4.62. The van der Waals surface area contributed by atoms with Crippen molar-refractivity contribution in [3.8, 4) is 0 Å². The fourth-order valence-corrected chi connectivity index (χ4v) is 2.16. The molecule has 0 aliphatic carbocycles. The Hall–Kier alpha value is -2.10. The molecule has 1 aromatic heterocycles. The van der Waals surface area contributed by atoms with E-state index in [1.54, 1.807) is 0 Å². The van der Waals surface area contributed by atoms with Gasteiger partial charge in [0.25, 0.3) is 0 Å². The summed E-state index contributed by atoms with van der Waals surface area (Å²) in [5.74, 6) is 2.77. The second kappa shape index (κ2) is 7.62. The molecule has 0 amide bonds. The summed E-state index contributed by atoms with van der Waals surface area (Å²) in [7, 11) is 2.08. The van der Waals surface area contributed by atoms with Gasteiger partial charge in [0.05, 0.1) is 0 Å². The van der Waals surface area contributed by atoms with Crippen LogP contribution in [0.3, 0.4) is 0 Å². The molecule has 1 aromatic carbocycles. The van der Waals surface area contributed by atoms with Crippen LogP contribution in [-0.2, 0) is 12.8 Å². The number of aromatic nitrogens is 2. The predicted molar refractivity (Wildman–Crippen MR) is 89.0 cm³/mol. The summed E-state index contributed by atoms with van der Waals surface area (Å²) >= 11 is 0. The van der Waals surface area contributed by atoms with Crippen LogP contribution in [0.15, 0.2) is 36.4 Å². The van der Waals surface area contributed by atoms with Gasteiger partial charge in [0, 0.05) is 32.6 Å². The lowest BCUT2D eigenvalue weighted by Gasteiger charge is -2.19. The van der Waals surface area contributed by atoms with Gasteiger partial charge in [0.1, 0.15) is 17.5 Å². The number of anilines is 2. The van der Waals surface area contributed by atoms with Gasteiger partial charge < -0.3 is 10.2 Å². The molecule has 2 aromatic rings. The Balaban J connectivity index is 2.07. The number of nitrogens with one attached hydrogen (secondary N) is 1. The number of aryl methyl sites for hydroxylation is 1. The van der Waals surface area contributed by atoms with Gasteiger partial charge in [-0.05, 0) is 18.9 Å². The van der Waals surface area contributed by atoms with Crippen molar-refractivity contribution in [1.29, 1.82) is 0 Å². The highest BCUT2D eigenvalue weighted by Gasteiger charge is 2.07. The Bertz CT molecular complexity index is 554. The van der Waals surface area contributed by atoms with Gasteiger partial charge in [-0.1, -0.05) is 37.3 Å². The summed E-state index contributed by atoms with van der Waals surface area (Å²) in [5, 5.41) is 3.27. The van der Waals surface area contributed by atoms with Crippen molar-refractivity contribution in [2.75, 3.05) is 30.4 Å². The lowest BCUT2D eigenvalue weighted by Crippen LogP contribution is -2.22. The minimum atomic E-state index is 0.846. The lowest BCUT2D eigenvalue weighted by atomic mass is 10.1. The fraction of sp³-hybridized carbons (Fsp3) is 0.412. The number of rotatable bonds is 7. The largest absolute Gasteiger partial charge is 0.370 e. The zero-order valence-corrected chi connectivity index (χ0v) is 13.1. The Kier molecular flexibility index (Phi) is 5.55. The Morgan fingerprint density at radius 3 is 2.52 bits per heavy atom.